The first kappa shape index (κ1) is 14.1. The van der Waals surface area contributed by atoms with Gasteiger partial charge in [0.2, 0.25) is 0 Å². The van der Waals surface area contributed by atoms with E-state index < -0.39 is 0 Å². The third-order valence-electron chi connectivity index (χ3n) is 3.56. The summed E-state index contributed by atoms with van der Waals surface area (Å²) in [5.74, 6) is -0.190. The van der Waals surface area contributed by atoms with E-state index in [4.69, 9.17) is 4.74 Å². The molecule has 0 atom stereocenters. The van der Waals surface area contributed by atoms with E-state index in [0.29, 0.717) is 12.2 Å². The lowest BCUT2D eigenvalue weighted by Gasteiger charge is -2.17. The molecule has 1 heterocycles. The van der Waals surface area contributed by atoms with Crippen molar-refractivity contribution in [3.63, 3.8) is 0 Å². The summed E-state index contributed by atoms with van der Waals surface area (Å²) in [4.78, 5) is 11.9. The molecule has 0 aromatic heterocycles. The number of carbonyl (C=O) groups is 1. The first-order chi connectivity index (χ1) is 9.31. The number of nitrogens with one attached hydrogen (secondary N) is 1. The number of hydrogen-bond donors (Lipinski definition) is 1. The van der Waals surface area contributed by atoms with Crippen molar-refractivity contribution in [1.29, 1.82) is 0 Å². The van der Waals surface area contributed by atoms with Gasteiger partial charge in [0.25, 0.3) is 0 Å². The fourth-order valence-corrected chi connectivity index (χ4v) is 2.38. The standard InChI is InChI=1S/C16H23NO2/c1-2-3-4-5-10-19-16(18)14-7-6-13-8-9-17-12-15(13)11-14/h6-7,11,17H,2-5,8-10,12H2,1H3. The minimum Gasteiger partial charge on any atom is -0.462 e. The molecule has 1 aliphatic heterocycles. The van der Waals surface area contributed by atoms with Crippen LogP contribution in [-0.2, 0) is 17.7 Å². The average Bonchev–Trinajstić information content (AvgIpc) is 2.46. The molecule has 0 spiro atoms. The Hall–Kier alpha value is -1.35. The maximum absolute atomic E-state index is 11.9. The second-order valence-corrected chi connectivity index (χ2v) is 5.11. The van der Waals surface area contributed by atoms with Crippen molar-refractivity contribution in [2.75, 3.05) is 13.2 Å². The van der Waals surface area contributed by atoms with Gasteiger partial charge in [-0.3, -0.25) is 0 Å². The van der Waals surface area contributed by atoms with Gasteiger partial charge in [-0.05, 0) is 42.6 Å². The molecule has 2 rings (SSSR count). The largest absolute Gasteiger partial charge is 0.462 e. The number of carbonyl (C=O) groups excluding carboxylic acids is 1. The Kier molecular flexibility index (Phi) is 5.40. The molecular weight excluding hydrogens is 238 g/mol. The van der Waals surface area contributed by atoms with Crippen LogP contribution < -0.4 is 5.32 Å². The topological polar surface area (TPSA) is 38.3 Å². The van der Waals surface area contributed by atoms with Crippen LogP contribution in [0.1, 0.15) is 54.1 Å². The smallest absolute Gasteiger partial charge is 0.338 e. The van der Waals surface area contributed by atoms with Crippen molar-refractivity contribution in [2.24, 2.45) is 0 Å². The maximum Gasteiger partial charge on any atom is 0.338 e. The highest BCUT2D eigenvalue weighted by Crippen LogP contribution is 2.16. The third-order valence-corrected chi connectivity index (χ3v) is 3.56. The van der Waals surface area contributed by atoms with Crippen LogP contribution in [0.5, 0.6) is 0 Å². The third kappa shape index (κ3) is 4.06. The van der Waals surface area contributed by atoms with Crippen LogP contribution in [-0.4, -0.2) is 19.1 Å². The van der Waals surface area contributed by atoms with Crippen LogP contribution in [0.3, 0.4) is 0 Å². The van der Waals surface area contributed by atoms with Gasteiger partial charge in [-0.1, -0.05) is 32.3 Å². The number of hydrogen-bond acceptors (Lipinski definition) is 3. The number of rotatable bonds is 6. The molecule has 0 bridgehead atoms. The zero-order valence-electron chi connectivity index (χ0n) is 11.7. The van der Waals surface area contributed by atoms with Crippen LogP contribution in [0.25, 0.3) is 0 Å². The van der Waals surface area contributed by atoms with E-state index in [2.05, 4.69) is 18.3 Å². The van der Waals surface area contributed by atoms with Gasteiger partial charge in [-0.15, -0.1) is 0 Å². The number of ether oxygens (including phenoxy) is 1. The summed E-state index contributed by atoms with van der Waals surface area (Å²) >= 11 is 0. The van der Waals surface area contributed by atoms with Crippen molar-refractivity contribution in [3.05, 3.63) is 34.9 Å². The van der Waals surface area contributed by atoms with E-state index >= 15 is 0 Å². The number of benzene rings is 1. The molecule has 0 unspecified atom stereocenters. The first-order valence-corrected chi connectivity index (χ1v) is 7.31. The van der Waals surface area contributed by atoms with E-state index in [1.54, 1.807) is 0 Å². The Balaban J connectivity index is 1.85. The Morgan fingerprint density at radius 3 is 3.00 bits per heavy atom. The van der Waals surface area contributed by atoms with E-state index in [0.717, 1.165) is 32.4 Å². The predicted molar refractivity (Wildman–Crippen MR) is 76.3 cm³/mol. The van der Waals surface area contributed by atoms with E-state index in [9.17, 15) is 4.79 Å². The van der Waals surface area contributed by atoms with Crippen molar-refractivity contribution in [1.82, 2.24) is 5.32 Å². The monoisotopic (exact) mass is 261 g/mol. The van der Waals surface area contributed by atoms with Crippen molar-refractivity contribution in [2.45, 2.75) is 45.6 Å². The highest BCUT2D eigenvalue weighted by Gasteiger charge is 2.13. The van der Waals surface area contributed by atoms with Crippen LogP contribution in [0.2, 0.25) is 0 Å². The lowest BCUT2D eigenvalue weighted by Crippen LogP contribution is -2.24. The molecule has 0 fully saturated rings. The van der Waals surface area contributed by atoms with Gasteiger partial charge in [-0.2, -0.15) is 0 Å². The van der Waals surface area contributed by atoms with E-state index in [1.807, 2.05) is 12.1 Å². The number of unbranched alkanes of at least 4 members (excludes halogenated alkanes) is 3. The second kappa shape index (κ2) is 7.29. The SMILES string of the molecule is CCCCCCOC(=O)c1ccc2c(c1)CNCC2. The maximum atomic E-state index is 11.9. The van der Waals surface area contributed by atoms with Gasteiger partial charge in [0.05, 0.1) is 12.2 Å². The fraction of sp³-hybridized carbons (Fsp3) is 0.562. The lowest BCUT2D eigenvalue weighted by molar-refractivity contribution is 0.0497. The van der Waals surface area contributed by atoms with Gasteiger partial charge in [0, 0.05) is 6.54 Å². The summed E-state index contributed by atoms with van der Waals surface area (Å²) in [6, 6.07) is 5.91. The summed E-state index contributed by atoms with van der Waals surface area (Å²) in [6.07, 6.45) is 5.56. The molecule has 1 aliphatic rings. The van der Waals surface area contributed by atoms with Crippen LogP contribution in [0.4, 0.5) is 0 Å². The second-order valence-electron chi connectivity index (χ2n) is 5.11. The molecule has 1 aromatic carbocycles. The molecule has 0 radical (unpaired) electrons. The summed E-state index contributed by atoms with van der Waals surface area (Å²) in [6.45, 7) is 4.59. The van der Waals surface area contributed by atoms with Gasteiger partial charge in [0.15, 0.2) is 0 Å². The zero-order valence-corrected chi connectivity index (χ0v) is 11.7. The Morgan fingerprint density at radius 2 is 2.16 bits per heavy atom. The van der Waals surface area contributed by atoms with Gasteiger partial charge in [0.1, 0.15) is 0 Å². The predicted octanol–water partition coefficient (Wildman–Crippen LogP) is 3.07. The number of esters is 1. The summed E-state index contributed by atoms with van der Waals surface area (Å²) < 4.78 is 5.31. The van der Waals surface area contributed by atoms with Gasteiger partial charge in [-0.25, -0.2) is 4.79 Å². The van der Waals surface area contributed by atoms with Crippen molar-refractivity contribution in [3.8, 4) is 0 Å². The van der Waals surface area contributed by atoms with Crippen molar-refractivity contribution < 1.29 is 9.53 Å². The van der Waals surface area contributed by atoms with Crippen LogP contribution >= 0.6 is 0 Å². The van der Waals surface area contributed by atoms with Crippen molar-refractivity contribution >= 4 is 5.97 Å². The number of fused-ring (bicyclic) bond motifs is 1. The normalized spacial score (nSPS) is 13.9. The minimum absolute atomic E-state index is 0.190. The first-order valence-electron chi connectivity index (χ1n) is 7.31. The molecule has 0 amide bonds. The molecule has 3 nitrogen and oxygen atoms in total. The van der Waals surface area contributed by atoms with E-state index in [1.165, 1.54) is 24.0 Å². The fourth-order valence-electron chi connectivity index (χ4n) is 2.38. The highest BCUT2D eigenvalue weighted by atomic mass is 16.5. The molecular formula is C16H23NO2. The Labute approximate surface area is 115 Å². The quantitative estimate of drug-likeness (QED) is 0.632. The van der Waals surface area contributed by atoms with Crippen LogP contribution in [0, 0.1) is 0 Å². The minimum atomic E-state index is -0.190. The van der Waals surface area contributed by atoms with E-state index in [-0.39, 0.29) is 5.97 Å². The summed E-state index contributed by atoms with van der Waals surface area (Å²) in [7, 11) is 0. The molecule has 0 saturated carbocycles. The molecule has 1 N–H and O–H groups in total. The molecule has 1 aromatic rings. The Bertz CT molecular complexity index is 429. The average molecular weight is 261 g/mol. The molecule has 19 heavy (non-hydrogen) atoms. The van der Waals surface area contributed by atoms with Crippen LogP contribution in [0.15, 0.2) is 18.2 Å². The zero-order chi connectivity index (χ0) is 13.5. The molecule has 0 aliphatic carbocycles. The molecule has 3 heteroatoms. The molecule has 104 valence electrons. The highest BCUT2D eigenvalue weighted by molar-refractivity contribution is 5.89. The summed E-state index contributed by atoms with van der Waals surface area (Å²) in [5, 5.41) is 3.32. The Morgan fingerprint density at radius 1 is 1.26 bits per heavy atom. The van der Waals surface area contributed by atoms with Gasteiger partial charge < -0.3 is 10.1 Å². The summed E-state index contributed by atoms with van der Waals surface area (Å²) in [5.41, 5.74) is 3.25. The lowest BCUT2D eigenvalue weighted by atomic mass is 9.99. The van der Waals surface area contributed by atoms with Gasteiger partial charge >= 0.3 is 5.97 Å². The molecule has 0 saturated heterocycles.